The molecule has 0 bridgehead atoms. The van der Waals surface area contributed by atoms with E-state index >= 15 is 0 Å². The molecule has 1 N–H and O–H groups in total. The predicted octanol–water partition coefficient (Wildman–Crippen LogP) is 2.07. The van der Waals surface area contributed by atoms with Gasteiger partial charge in [-0.1, -0.05) is 12.1 Å². The number of rotatable bonds is 4. The lowest BCUT2D eigenvalue weighted by molar-refractivity contribution is 0.173. The number of aryl methyl sites for hydroxylation is 1. The lowest BCUT2D eigenvalue weighted by Gasteiger charge is -2.10. The van der Waals surface area contributed by atoms with Crippen LogP contribution >= 0.6 is 0 Å². The summed E-state index contributed by atoms with van der Waals surface area (Å²) in [5, 5.41) is 10.1. The molecule has 0 saturated heterocycles. The molecule has 0 radical (unpaired) electrons. The molecule has 2 rings (SSSR count). The van der Waals surface area contributed by atoms with E-state index in [1.165, 1.54) is 0 Å². The van der Waals surface area contributed by atoms with Crippen LogP contribution < -0.4 is 4.74 Å². The zero-order valence-corrected chi connectivity index (χ0v) is 10.5. The van der Waals surface area contributed by atoms with E-state index < -0.39 is 6.10 Å². The maximum absolute atomic E-state index is 10.1. The van der Waals surface area contributed by atoms with Crippen LogP contribution in [-0.2, 0) is 6.42 Å². The number of hydrogen-bond donors (Lipinski definition) is 1. The number of methoxy groups -OCH3 is 1. The molecular formula is C14H16N2O2. The summed E-state index contributed by atoms with van der Waals surface area (Å²) >= 11 is 0. The van der Waals surface area contributed by atoms with E-state index in [9.17, 15) is 5.11 Å². The summed E-state index contributed by atoms with van der Waals surface area (Å²) in [6.45, 7) is 1.87. The van der Waals surface area contributed by atoms with Crippen LogP contribution in [0.25, 0.3) is 0 Å². The molecule has 0 amide bonds. The first-order valence-electron chi connectivity index (χ1n) is 5.78. The van der Waals surface area contributed by atoms with Crippen molar-refractivity contribution >= 4 is 0 Å². The molecule has 18 heavy (non-hydrogen) atoms. The molecule has 1 aromatic carbocycles. The molecule has 0 aliphatic heterocycles. The average molecular weight is 244 g/mol. The summed E-state index contributed by atoms with van der Waals surface area (Å²) < 4.78 is 5.15. The summed E-state index contributed by atoms with van der Waals surface area (Å²) in [7, 11) is 1.63. The Hall–Kier alpha value is -1.94. The zero-order valence-electron chi connectivity index (χ0n) is 10.5. The second-order valence-corrected chi connectivity index (χ2v) is 4.15. The maximum Gasteiger partial charge on any atom is 0.119 e. The van der Waals surface area contributed by atoms with E-state index in [1.54, 1.807) is 19.5 Å². The van der Waals surface area contributed by atoms with Gasteiger partial charge in [-0.15, -0.1) is 0 Å². The average Bonchev–Trinajstić information content (AvgIpc) is 2.39. The van der Waals surface area contributed by atoms with Crippen molar-refractivity contribution in [3.63, 3.8) is 0 Å². The largest absolute Gasteiger partial charge is 0.497 e. The lowest BCUT2D eigenvalue weighted by atomic mass is 10.1. The maximum atomic E-state index is 10.1. The summed E-state index contributed by atoms with van der Waals surface area (Å²) in [5.74, 6) is 0.787. The van der Waals surface area contributed by atoms with Crippen molar-refractivity contribution in [2.24, 2.45) is 0 Å². The number of aliphatic hydroxyl groups excluding tert-OH is 1. The molecule has 0 aliphatic rings. The quantitative estimate of drug-likeness (QED) is 0.894. The highest BCUT2D eigenvalue weighted by molar-refractivity contribution is 5.29. The molecule has 1 aromatic heterocycles. The van der Waals surface area contributed by atoms with Crippen LogP contribution in [-0.4, -0.2) is 22.2 Å². The molecule has 94 valence electrons. The summed E-state index contributed by atoms with van der Waals surface area (Å²) in [5.41, 5.74) is 2.43. The first-order valence-corrected chi connectivity index (χ1v) is 5.78. The van der Waals surface area contributed by atoms with Gasteiger partial charge in [0.05, 0.1) is 24.7 Å². The molecular weight excluding hydrogens is 228 g/mol. The molecule has 0 spiro atoms. The Morgan fingerprint density at radius 3 is 2.78 bits per heavy atom. The minimum absolute atomic E-state index is 0.495. The fourth-order valence-corrected chi connectivity index (χ4v) is 1.70. The van der Waals surface area contributed by atoms with Crippen LogP contribution in [0, 0.1) is 6.92 Å². The summed E-state index contributed by atoms with van der Waals surface area (Å²) in [4.78, 5) is 8.30. The van der Waals surface area contributed by atoms with Gasteiger partial charge in [0.1, 0.15) is 11.9 Å². The predicted molar refractivity (Wildman–Crippen MR) is 68.4 cm³/mol. The number of ether oxygens (including phenoxy) is 1. The third-order valence-electron chi connectivity index (χ3n) is 2.71. The Labute approximate surface area is 106 Å². The van der Waals surface area contributed by atoms with Gasteiger partial charge in [0.2, 0.25) is 0 Å². The fourth-order valence-electron chi connectivity index (χ4n) is 1.70. The minimum Gasteiger partial charge on any atom is -0.497 e. The number of benzene rings is 1. The van der Waals surface area contributed by atoms with Gasteiger partial charge < -0.3 is 9.84 Å². The lowest BCUT2D eigenvalue weighted by Crippen LogP contribution is -2.05. The molecule has 0 fully saturated rings. The first kappa shape index (κ1) is 12.5. The van der Waals surface area contributed by atoms with E-state index in [2.05, 4.69) is 9.97 Å². The van der Waals surface area contributed by atoms with Gasteiger partial charge in [-0.25, -0.2) is 0 Å². The second kappa shape index (κ2) is 5.60. The van der Waals surface area contributed by atoms with E-state index in [1.807, 2.05) is 31.2 Å². The van der Waals surface area contributed by atoms with E-state index in [0.717, 1.165) is 17.0 Å². The number of hydrogen-bond acceptors (Lipinski definition) is 4. The molecule has 1 heterocycles. The van der Waals surface area contributed by atoms with Crippen LogP contribution in [0.5, 0.6) is 5.75 Å². The highest BCUT2D eigenvalue weighted by atomic mass is 16.5. The van der Waals surface area contributed by atoms with E-state index in [0.29, 0.717) is 12.1 Å². The molecule has 0 saturated carbocycles. The highest BCUT2D eigenvalue weighted by Crippen LogP contribution is 2.19. The van der Waals surface area contributed by atoms with Crippen LogP contribution in [0.4, 0.5) is 0 Å². The van der Waals surface area contributed by atoms with Crippen molar-refractivity contribution in [3.8, 4) is 5.75 Å². The minimum atomic E-state index is -0.648. The van der Waals surface area contributed by atoms with Gasteiger partial charge in [0.25, 0.3) is 0 Å². The summed E-state index contributed by atoms with van der Waals surface area (Å²) in [6, 6.07) is 7.64. The Bertz CT molecular complexity index is 511. The number of aromatic nitrogens is 2. The van der Waals surface area contributed by atoms with E-state index in [-0.39, 0.29) is 0 Å². The van der Waals surface area contributed by atoms with Gasteiger partial charge in [-0.2, -0.15) is 0 Å². The van der Waals surface area contributed by atoms with Gasteiger partial charge in [0, 0.05) is 12.6 Å². The molecule has 1 atom stereocenters. The Balaban J connectivity index is 2.10. The van der Waals surface area contributed by atoms with Gasteiger partial charge in [0.15, 0.2) is 0 Å². The van der Waals surface area contributed by atoms with Crippen molar-refractivity contribution in [1.82, 2.24) is 9.97 Å². The smallest absolute Gasteiger partial charge is 0.119 e. The SMILES string of the molecule is COc1cccc(CC(O)c2cnc(C)cn2)c1. The normalized spacial score (nSPS) is 12.2. The second-order valence-electron chi connectivity index (χ2n) is 4.15. The van der Waals surface area contributed by atoms with Crippen molar-refractivity contribution in [3.05, 3.63) is 53.6 Å². The van der Waals surface area contributed by atoms with Crippen molar-refractivity contribution in [2.75, 3.05) is 7.11 Å². The van der Waals surface area contributed by atoms with Crippen LogP contribution in [0.1, 0.15) is 23.1 Å². The fraction of sp³-hybridized carbons (Fsp3) is 0.286. The monoisotopic (exact) mass is 244 g/mol. The van der Waals surface area contributed by atoms with Crippen LogP contribution in [0.2, 0.25) is 0 Å². The van der Waals surface area contributed by atoms with Gasteiger partial charge >= 0.3 is 0 Å². The van der Waals surface area contributed by atoms with E-state index in [4.69, 9.17) is 4.74 Å². The Morgan fingerprint density at radius 2 is 2.11 bits per heavy atom. The standard InChI is InChI=1S/C14H16N2O2/c1-10-8-16-13(9-15-10)14(17)7-11-4-3-5-12(6-11)18-2/h3-6,8-9,14,17H,7H2,1-2H3. The van der Waals surface area contributed by atoms with Crippen LogP contribution in [0.3, 0.4) is 0 Å². The highest BCUT2D eigenvalue weighted by Gasteiger charge is 2.10. The summed E-state index contributed by atoms with van der Waals surface area (Å²) in [6.07, 6.45) is 3.12. The van der Waals surface area contributed by atoms with Gasteiger partial charge in [-0.05, 0) is 24.6 Å². The molecule has 4 nitrogen and oxygen atoms in total. The topological polar surface area (TPSA) is 55.2 Å². The molecule has 2 aromatic rings. The third kappa shape index (κ3) is 3.05. The van der Waals surface area contributed by atoms with Crippen molar-refractivity contribution < 1.29 is 9.84 Å². The molecule has 4 heteroatoms. The van der Waals surface area contributed by atoms with Crippen molar-refractivity contribution in [2.45, 2.75) is 19.4 Å². The zero-order chi connectivity index (χ0) is 13.0. The first-order chi connectivity index (χ1) is 8.69. The van der Waals surface area contributed by atoms with Crippen LogP contribution in [0.15, 0.2) is 36.7 Å². The number of nitrogens with zero attached hydrogens (tertiary/aromatic N) is 2. The molecule has 1 unspecified atom stereocenters. The van der Waals surface area contributed by atoms with Crippen molar-refractivity contribution in [1.29, 1.82) is 0 Å². The van der Waals surface area contributed by atoms with Gasteiger partial charge in [-0.3, -0.25) is 9.97 Å². The Morgan fingerprint density at radius 1 is 1.28 bits per heavy atom. The molecule has 0 aliphatic carbocycles. The Kier molecular flexibility index (Phi) is 3.89. The third-order valence-corrected chi connectivity index (χ3v) is 2.71. The number of aliphatic hydroxyl groups is 1.